The highest BCUT2D eigenvalue weighted by atomic mass is 32.2. The summed E-state index contributed by atoms with van der Waals surface area (Å²) in [5.74, 6) is 0.176. The SMILES string of the molecule is CC(C)NS(=O)(=O)c1cccc(C(=O)Nc2cccc(OCc3cccnc3)c2)c1. The van der Waals surface area contributed by atoms with Gasteiger partial charge < -0.3 is 10.1 Å². The predicted octanol–water partition coefficient (Wildman–Crippen LogP) is 3.60. The van der Waals surface area contributed by atoms with E-state index in [4.69, 9.17) is 4.74 Å². The first-order chi connectivity index (χ1) is 14.3. The van der Waals surface area contributed by atoms with Crippen molar-refractivity contribution in [2.45, 2.75) is 31.4 Å². The second-order valence-electron chi connectivity index (χ2n) is 6.94. The summed E-state index contributed by atoms with van der Waals surface area (Å²) in [6.07, 6.45) is 3.42. The molecule has 0 saturated carbocycles. The Hall–Kier alpha value is -3.23. The Morgan fingerprint density at radius 2 is 1.87 bits per heavy atom. The van der Waals surface area contributed by atoms with Crippen LogP contribution in [0.25, 0.3) is 0 Å². The maximum Gasteiger partial charge on any atom is 0.255 e. The molecule has 0 bridgehead atoms. The van der Waals surface area contributed by atoms with Gasteiger partial charge in [-0.15, -0.1) is 0 Å². The van der Waals surface area contributed by atoms with E-state index in [1.807, 2.05) is 12.1 Å². The van der Waals surface area contributed by atoms with E-state index in [1.165, 1.54) is 18.2 Å². The van der Waals surface area contributed by atoms with E-state index in [-0.39, 0.29) is 16.5 Å². The van der Waals surface area contributed by atoms with Crippen LogP contribution in [0.5, 0.6) is 5.75 Å². The highest BCUT2D eigenvalue weighted by molar-refractivity contribution is 7.89. The quantitative estimate of drug-likeness (QED) is 0.575. The Bertz CT molecular complexity index is 1120. The molecule has 0 spiro atoms. The summed E-state index contributed by atoms with van der Waals surface area (Å²) in [6.45, 7) is 3.82. The van der Waals surface area contributed by atoms with Crippen LogP contribution in [-0.2, 0) is 16.6 Å². The van der Waals surface area contributed by atoms with Crippen molar-refractivity contribution < 1.29 is 17.9 Å². The Kier molecular flexibility index (Phi) is 6.81. The minimum absolute atomic E-state index is 0.0393. The van der Waals surface area contributed by atoms with Crippen molar-refractivity contribution in [1.82, 2.24) is 9.71 Å². The number of pyridine rings is 1. The largest absolute Gasteiger partial charge is 0.489 e. The first-order valence-electron chi connectivity index (χ1n) is 9.39. The number of sulfonamides is 1. The van der Waals surface area contributed by atoms with Crippen LogP contribution in [0.3, 0.4) is 0 Å². The number of hydrogen-bond acceptors (Lipinski definition) is 5. The average molecular weight is 426 g/mol. The summed E-state index contributed by atoms with van der Waals surface area (Å²) in [5.41, 5.74) is 1.71. The van der Waals surface area contributed by atoms with Gasteiger partial charge in [-0.2, -0.15) is 0 Å². The standard InChI is InChI=1S/C22H23N3O4S/c1-16(2)25-30(27,28)21-10-3-7-18(12-21)22(26)24-19-8-4-9-20(13-19)29-15-17-6-5-11-23-14-17/h3-14,16,25H,15H2,1-2H3,(H,24,26). The smallest absolute Gasteiger partial charge is 0.255 e. The monoisotopic (exact) mass is 425 g/mol. The molecule has 8 heteroatoms. The molecule has 1 heterocycles. The molecule has 1 aromatic heterocycles. The molecule has 0 unspecified atom stereocenters. The molecule has 1 amide bonds. The molecule has 7 nitrogen and oxygen atoms in total. The number of carbonyl (C=O) groups excluding carboxylic acids is 1. The lowest BCUT2D eigenvalue weighted by molar-refractivity contribution is 0.102. The van der Waals surface area contributed by atoms with E-state index in [9.17, 15) is 13.2 Å². The lowest BCUT2D eigenvalue weighted by atomic mass is 10.2. The number of carbonyl (C=O) groups is 1. The molecule has 2 aromatic carbocycles. The molecule has 156 valence electrons. The van der Waals surface area contributed by atoms with Crippen molar-refractivity contribution in [2.24, 2.45) is 0 Å². The maximum absolute atomic E-state index is 12.6. The molecule has 2 N–H and O–H groups in total. The number of ether oxygens (including phenoxy) is 1. The maximum atomic E-state index is 12.6. The van der Waals surface area contributed by atoms with Crippen LogP contribution in [0.4, 0.5) is 5.69 Å². The van der Waals surface area contributed by atoms with Gasteiger partial charge >= 0.3 is 0 Å². The van der Waals surface area contributed by atoms with E-state index >= 15 is 0 Å². The lowest BCUT2D eigenvalue weighted by Gasteiger charge is -2.11. The van der Waals surface area contributed by atoms with Gasteiger partial charge in [0.15, 0.2) is 0 Å². The topological polar surface area (TPSA) is 97.4 Å². The van der Waals surface area contributed by atoms with Gasteiger partial charge in [0.25, 0.3) is 5.91 Å². The molecule has 30 heavy (non-hydrogen) atoms. The van der Waals surface area contributed by atoms with E-state index in [1.54, 1.807) is 56.6 Å². The zero-order valence-electron chi connectivity index (χ0n) is 16.7. The number of rotatable bonds is 8. The fraction of sp³-hybridized carbons (Fsp3) is 0.182. The number of nitrogens with zero attached hydrogens (tertiary/aromatic N) is 1. The van der Waals surface area contributed by atoms with Crippen LogP contribution in [0.15, 0.2) is 78.0 Å². The van der Waals surface area contributed by atoms with Gasteiger partial charge in [0.2, 0.25) is 10.0 Å². The number of hydrogen-bond donors (Lipinski definition) is 2. The third-order valence-corrected chi connectivity index (χ3v) is 5.67. The second kappa shape index (κ2) is 9.51. The molecular formula is C22H23N3O4S. The third-order valence-electron chi connectivity index (χ3n) is 4.02. The summed E-state index contributed by atoms with van der Waals surface area (Å²) >= 11 is 0. The fourth-order valence-corrected chi connectivity index (χ4v) is 4.00. The minimum atomic E-state index is -3.68. The van der Waals surface area contributed by atoms with Crippen molar-refractivity contribution in [3.8, 4) is 5.75 Å². The van der Waals surface area contributed by atoms with E-state index < -0.39 is 15.9 Å². The average Bonchev–Trinajstić information content (AvgIpc) is 2.72. The fourth-order valence-electron chi connectivity index (χ4n) is 2.70. The molecule has 0 aliphatic heterocycles. The molecule has 0 aliphatic carbocycles. The molecule has 0 radical (unpaired) electrons. The van der Waals surface area contributed by atoms with Crippen molar-refractivity contribution >= 4 is 21.6 Å². The van der Waals surface area contributed by atoms with Gasteiger partial charge in [-0.1, -0.05) is 18.2 Å². The minimum Gasteiger partial charge on any atom is -0.489 e. The molecule has 0 fully saturated rings. The van der Waals surface area contributed by atoms with Crippen LogP contribution in [0.1, 0.15) is 29.8 Å². The zero-order valence-corrected chi connectivity index (χ0v) is 17.5. The van der Waals surface area contributed by atoms with Crippen LogP contribution >= 0.6 is 0 Å². The highest BCUT2D eigenvalue weighted by Crippen LogP contribution is 2.20. The van der Waals surface area contributed by atoms with Crippen LogP contribution < -0.4 is 14.8 Å². The van der Waals surface area contributed by atoms with Gasteiger partial charge in [0.05, 0.1) is 4.90 Å². The summed E-state index contributed by atoms with van der Waals surface area (Å²) in [6, 6.07) is 16.4. The molecule has 0 aliphatic rings. The molecule has 3 aromatic rings. The molecule has 3 rings (SSSR count). The van der Waals surface area contributed by atoms with Gasteiger partial charge in [-0.3, -0.25) is 9.78 Å². The number of nitrogens with one attached hydrogen (secondary N) is 2. The van der Waals surface area contributed by atoms with Gasteiger partial charge in [0, 0.05) is 41.3 Å². The number of amides is 1. The van der Waals surface area contributed by atoms with Crippen molar-refractivity contribution in [3.63, 3.8) is 0 Å². The van der Waals surface area contributed by atoms with Crippen molar-refractivity contribution in [2.75, 3.05) is 5.32 Å². The van der Waals surface area contributed by atoms with Gasteiger partial charge in [0.1, 0.15) is 12.4 Å². The molecule has 0 saturated heterocycles. The normalized spacial score (nSPS) is 11.3. The Balaban J connectivity index is 1.70. The van der Waals surface area contributed by atoms with E-state index in [2.05, 4.69) is 15.0 Å². The summed E-state index contributed by atoms with van der Waals surface area (Å²) in [4.78, 5) is 16.7. The number of benzene rings is 2. The van der Waals surface area contributed by atoms with Gasteiger partial charge in [-0.05, 0) is 50.2 Å². The predicted molar refractivity (Wildman–Crippen MR) is 115 cm³/mol. The molecule has 0 atom stereocenters. The van der Waals surface area contributed by atoms with E-state index in [0.29, 0.717) is 18.0 Å². The van der Waals surface area contributed by atoms with Crippen LogP contribution in [0.2, 0.25) is 0 Å². The van der Waals surface area contributed by atoms with Crippen LogP contribution in [-0.4, -0.2) is 25.4 Å². The first kappa shape index (κ1) is 21.5. The van der Waals surface area contributed by atoms with E-state index in [0.717, 1.165) is 5.56 Å². The number of anilines is 1. The zero-order chi connectivity index (χ0) is 21.6. The third kappa shape index (κ3) is 5.88. The Morgan fingerprint density at radius 1 is 1.07 bits per heavy atom. The Morgan fingerprint density at radius 3 is 2.60 bits per heavy atom. The Labute approximate surface area is 176 Å². The lowest BCUT2D eigenvalue weighted by Crippen LogP contribution is -2.30. The summed E-state index contributed by atoms with van der Waals surface area (Å²) < 4.78 is 32.9. The van der Waals surface area contributed by atoms with Crippen molar-refractivity contribution in [3.05, 3.63) is 84.2 Å². The summed E-state index contributed by atoms with van der Waals surface area (Å²) in [7, 11) is -3.68. The van der Waals surface area contributed by atoms with Gasteiger partial charge in [-0.25, -0.2) is 13.1 Å². The highest BCUT2D eigenvalue weighted by Gasteiger charge is 2.17. The molecular weight excluding hydrogens is 402 g/mol. The first-order valence-corrected chi connectivity index (χ1v) is 10.9. The number of aromatic nitrogens is 1. The van der Waals surface area contributed by atoms with Crippen LogP contribution in [0, 0.1) is 0 Å². The second-order valence-corrected chi connectivity index (χ2v) is 8.65. The van der Waals surface area contributed by atoms with Crippen molar-refractivity contribution in [1.29, 1.82) is 0 Å². The summed E-state index contributed by atoms with van der Waals surface area (Å²) in [5, 5.41) is 2.77.